The molecule has 0 saturated carbocycles. The summed E-state index contributed by atoms with van der Waals surface area (Å²) in [5.41, 5.74) is -1.90. The van der Waals surface area contributed by atoms with E-state index in [2.05, 4.69) is 5.32 Å². The largest absolute Gasteiger partial charge is 0.416 e. The SMILES string of the molecule is N#C/C(=C/c1ccccc1[N+](=O)[O-])C(=O)Nc1cccc(C(F)(F)F)c1. The topological polar surface area (TPSA) is 96.0 Å². The third-order valence-corrected chi connectivity index (χ3v) is 3.25. The van der Waals surface area contributed by atoms with E-state index < -0.39 is 28.1 Å². The number of hydrogen-bond donors (Lipinski definition) is 1. The number of nitrogens with zero attached hydrogens (tertiary/aromatic N) is 2. The molecular weight excluding hydrogens is 351 g/mol. The van der Waals surface area contributed by atoms with Crippen LogP contribution in [0.3, 0.4) is 0 Å². The standard InChI is InChI=1S/C17H10F3N3O3/c18-17(19,20)13-5-3-6-14(9-13)22-16(24)12(10-21)8-11-4-1-2-7-15(11)23(25)26/h1-9H,(H,22,24)/b12-8-. The molecule has 0 aliphatic heterocycles. The van der Waals surface area contributed by atoms with Crippen LogP contribution in [0.1, 0.15) is 11.1 Å². The second kappa shape index (κ2) is 7.48. The number of hydrogen-bond acceptors (Lipinski definition) is 4. The summed E-state index contributed by atoms with van der Waals surface area (Å²) in [5.74, 6) is -0.982. The number of halogens is 3. The second-order valence-electron chi connectivity index (χ2n) is 5.02. The summed E-state index contributed by atoms with van der Waals surface area (Å²) in [7, 11) is 0. The van der Waals surface area contributed by atoms with E-state index in [0.717, 1.165) is 24.3 Å². The maximum atomic E-state index is 12.7. The van der Waals surface area contributed by atoms with Crippen LogP contribution in [0.5, 0.6) is 0 Å². The molecule has 0 saturated heterocycles. The number of carbonyl (C=O) groups is 1. The van der Waals surface area contributed by atoms with Crippen molar-refractivity contribution in [3.05, 3.63) is 75.3 Å². The van der Waals surface area contributed by atoms with Crippen molar-refractivity contribution in [2.45, 2.75) is 6.18 Å². The first-order valence-electron chi connectivity index (χ1n) is 7.06. The third kappa shape index (κ3) is 4.45. The Kier molecular flexibility index (Phi) is 5.37. The maximum absolute atomic E-state index is 12.7. The molecule has 2 aromatic rings. The lowest BCUT2D eigenvalue weighted by Crippen LogP contribution is -2.14. The van der Waals surface area contributed by atoms with Crippen LogP contribution in [0, 0.1) is 21.4 Å². The average Bonchev–Trinajstić information content (AvgIpc) is 2.59. The van der Waals surface area contributed by atoms with E-state index in [1.54, 1.807) is 6.07 Å². The monoisotopic (exact) mass is 361 g/mol. The lowest BCUT2D eigenvalue weighted by atomic mass is 10.1. The molecule has 1 amide bonds. The number of nitro benzene ring substituents is 1. The Bertz CT molecular complexity index is 931. The molecule has 0 aliphatic rings. The molecule has 0 unspecified atom stereocenters. The molecule has 1 N–H and O–H groups in total. The number of nitriles is 1. The minimum absolute atomic E-state index is 0.0215. The molecule has 0 fully saturated rings. The molecule has 0 radical (unpaired) electrons. The summed E-state index contributed by atoms with van der Waals surface area (Å²) in [5, 5.41) is 22.3. The minimum Gasteiger partial charge on any atom is -0.321 e. The fourth-order valence-electron chi connectivity index (χ4n) is 2.05. The molecule has 0 bridgehead atoms. The summed E-state index contributed by atoms with van der Waals surface area (Å²) in [4.78, 5) is 22.4. The summed E-state index contributed by atoms with van der Waals surface area (Å²) < 4.78 is 38.1. The first-order chi connectivity index (χ1) is 12.2. The van der Waals surface area contributed by atoms with E-state index >= 15 is 0 Å². The maximum Gasteiger partial charge on any atom is 0.416 e. The number of amides is 1. The number of anilines is 1. The zero-order valence-corrected chi connectivity index (χ0v) is 12.9. The van der Waals surface area contributed by atoms with E-state index in [9.17, 15) is 28.1 Å². The minimum atomic E-state index is -4.58. The molecule has 26 heavy (non-hydrogen) atoms. The molecular formula is C17H10F3N3O3. The molecule has 0 spiro atoms. The summed E-state index contributed by atoms with van der Waals surface area (Å²) >= 11 is 0. The Morgan fingerprint density at radius 2 is 1.88 bits per heavy atom. The van der Waals surface area contributed by atoms with Gasteiger partial charge in [0.1, 0.15) is 11.6 Å². The Balaban J connectivity index is 2.31. The van der Waals surface area contributed by atoms with Crippen molar-refractivity contribution < 1.29 is 22.9 Å². The van der Waals surface area contributed by atoms with Crippen LogP contribution in [0.2, 0.25) is 0 Å². The quantitative estimate of drug-likeness (QED) is 0.383. The second-order valence-corrected chi connectivity index (χ2v) is 5.02. The van der Waals surface area contributed by atoms with Crippen molar-refractivity contribution >= 4 is 23.4 Å². The van der Waals surface area contributed by atoms with Crippen LogP contribution in [0.25, 0.3) is 6.08 Å². The molecule has 9 heteroatoms. The van der Waals surface area contributed by atoms with Gasteiger partial charge in [0.25, 0.3) is 11.6 Å². The number of rotatable bonds is 4. The highest BCUT2D eigenvalue weighted by molar-refractivity contribution is 6.09. The first kappa shape index (κ1) is 18.7. The summed E-state index contributed by atoms with van der Waals surface area (Å²) in [6, 6.07) is 10.9. The van der Waals surface area contributed by atoms with Crippen molar-refractivity contribution in [3.63, 3.8) is 0 Å². The van der Waals surface area contributed by atoms with Crippen LogP contribution in [-0.4, -0.2) is 10.8 Å². The number of para-hydroxylation sites is 1. The lowest BCUT2D eigenvalue weighted by molar-refractivity contribution is -0.385. The highest BCUT2D eigenvalue weighted by Gasteiger charge is 2.30. The van der Waals surface area contributed by atoms with Crippen molar-refractivity contribution in [2.75, 3.05) is 5.32 Å². The number of nitrogens with one attached hydrogen (secondary N) is 1. The number of benzene rings is 2. The first-order valence-corrected chi connectivity index (χ1v) is 7.06. The van der Waals surface area contributed by atoms with Crippen LogP contribution >= 0.6 is 0 Å². The summed E-state index contributed by atoms with van der Waals surface area (Å²) in [6.45, 7) is 0. The Labute approximate surface area is 145 Å². The van der Waals surface area contributed by atoms with Gasteiger partial charge in [-0.05, 0) is 30.3 Å². The normalized spacial score (nSPS) is 11.5. The van der Waals surface area contributed by atoms with Gasteiger partial charge in [0.15, 0.2) is 0 Å². The van der Waals surface area contributed by atoms with Crippen LogP contribution in [0.4, 0.5) is 24.5 Å². The van der Waals surface area contributed by atoms with Gasteiger partial charge in [-0.1, -0.05) is 18.2 Å². The predicted molar refractivity (Wildman–Crippen MR) is 86.8 cm³/mol. The molecule has 0 aliphatic carbocycles. The van der Waals surface area contributed by atoms with E-state index in [1.165, 1.54) is 30.3 Å². The molecule has 2 aromatic carbocycles. The van der Waals surface area contributed by atoms with Gasteiger partial charge in [0.2, 0.25) is 0 Å². The fraction of sp³-hybridized carbons (Fsp3) is 0.0588. The third-order valence-electron chi connectivity index (χ3n) is 3.25. The molecule has 0 heterocycles. The van der Waals surface area contributed by atoms with Gasteiger partial charge in [-0.25, -0.2) is 0 Å². The van der Waals surface area contributed by atoms with Gasteiger partial charge in [0.05, 0.1) is 16.1 Å². The van der Waals surface area contributed by atoms with Gasteiger partial charge >= 0.3 is 6.18 Å². The van der Waals surface area contributed by atoms with Gasteiger partial charge in [-0.15, -0.1) is 0 Å². The zero-order valence-electron chi connectivity index (χ0n) is 12.9. The summed E-state index contributed by atoms with van der Waals surface area (Å²) in [6.07, 6.45) is -3.58. The number of carbonyl (C=O) groups excluding carboxylic acids is 1. The van der Waals surface area contributed by atoms with Crippen molar-refractivity contribution in [1.82, 2.24) is 0 Å². The van der Waals surface area contributed by atoms with Gasteiger partial charge in [-0.3, -0.25) is 14.9 Å². The van der Waals surface area contributed by atoms with Crippen LogP contribution in [0.15, 0.2) is 54.1 Å². The smallest absolute Gasteiger partial charge is 0.321 e. The van der Waals surface area contributed by atoms with Gasteiger partial charge in [0, 0.05) is 11.8 Å². The molecule has 0 atom stereocenters. The number of alkyl halides is 3. The molecule has 0 aromatic heterocycles. The number of nitro groups is 1. The molecule has 132 valence electrons. The van der Waals surface area contributed by atoms with Crippen molar-refractivity contribution in [3.8, 4) is 6.07 Å². The van der Waals surface area contributed by atoms with E-state index in [4.69, 9.17) is 5.26 Å². The van der Waals surface area contributed by atoms with Gasteiger partial charge < -0.3 is 5.32 Å². The Hall–Kier alpha value is -3.67. The van der Waals surface area contributed by atoms with E-state index in [0.29, 0.717) is 0 Å². The van der Waals surface area contributed by atoms with E-state index in [-0.39, 0.29) is 16.9 Å². The lowest BCUT2D eigenvalue weighted by Gasteiger charge is -2.09. The van der Waals surface area contributed by atoms with Crippen LogP contribution < -0.4 is 5.32 Å². The average molecular weight is 361 g/mol. The molecule has 6 nitrogen and oxygen atoms in total. The Morgan fingerprint density at radius 3 is 2.50 bits per heavy atom. The Morgan fingerprint density at radius 1 is 1.19 bits per heavy atom. The predicted octanol–water partition coefficient (Wildman–Crippen LogP) is 4.16. The highest BCUT2D eigenvalue weighted by atomic mass is 19.4. The van der Waals surface area contributed by atoms with Crippen molar-refractivity contribution in [1.29, 1.82) is 5.26 Å². The zero-order chi connectivity index (χ0) is 19.3. The fourth-order valence-corrected chi connectivity index (χ4v) is 2.05. The highest BCUT2D eigenvalue weighted by Crippen LogP contribution is 2.30. The van der Waals surface area contributed by atoms with Gasteiger partial charge in [-0.2, -0.15) is 18.4 Å². The van der Waals surface area contributed by atoms with Crippen LogP contribution in [-0.2, 0) is 11.0 Å². The molecule has 2 rings (SSSR count). The van der Waals surface area contributed by atoms with E-state index in [1.807, 2.05) is 0 Å². The van der Waals surface area contributed by atoms with Crippen molar-refractivity contribution in [2.24, 2.45) is 0 Å².